The van der Waals surface area contributed by atoms with Crippen molar-refractivity contribution in [3.8, 4) is 5.75 Å². The number of aryl methyl sites for hydroxylation is 1. The van der Waals surface area contributed by atoms with Gasteiger partial charge in [0.1, 0.15) is 23.4 Å². The smallest absolute Gasteiger partial charge is 0.329 e. The van der Waals surface area contributed by atoms with Crippen molar-refractivity contribution in [2.75, 3.05) is 19.1 Å². The van der Waals surface area contributed by atoms with Crippen LogP contribution in [-0.4, -0.2) is 40.6 Å². The maximum absolute atomic E-state index is 13.8. The topological polar surface area (TPSA) is 105 Å². The monoisotopic (exact) mass is 517 g/mol. The van der Waals surface area contributed by atoms with Crippen molar-refractivity contribution in [2.45, 2.75) is 24.3 Å². The van der Waals surface area contributed by atoms with Gasteiger partial charge in [0.05, 0.1) is 12.0 Å². The van der Waals surface area contributed by atoms with Gasteiger partial charge in [0.2, 0.25) is 5.91 Å². The number of hydrogen-bond donors (Lipinski definition) is 2. The van der Waals surface area contributed by atoms with Crippen LogP contribution in [0.3, 0.4) is 0 Å². The third kappa shape index (κ3) is 6.57. The van der Waals surface area contributed by atoms with Gasteiger partial charge in [-0.3, -0.25) is 4.79 Å². The SMILES string of the molecule is COc1ccc(N(C)C(=O)[C@H](Cc2cc(F)cc(F)c2)NC(=O)NS(=O)(=O)c2ccccc2C)cc1. The first-order valence-electron chi connectivity index (χ1n) is 10.8. The maximum Gasteiger partial charge on any atom is 0.329 e. The number of rotatable bonds is 8. The number of amides is 3. The Kier molecular flexibility index (Phi) is 8.25. The Bertz CT molecular complexity index is 1340. The van der Waals surface area contributed by atoms with Crippen LogP contribution in [-0.2, 0) is 21.2 Å². The number of likely N-dealkylation sites (N-methyl/N-ethyl adjacent to an activating group) is 1. The van der Waals surface area contributed by atoms with Gasteiger partial charge in [-0.15, -0.1) is 0 Å². The van der Waals surface area contributed by atoms with Crippen LogP contribution >= 0.6 is 0 Å². The molecule has 8 nitrogen and oxygen atoms in total. The largest absolute Gasteiger partial charge is 0.497 e. The number of benzene rings is 3. The first-order chi connectivity index (χ1) is 17.0. The Balaban J connectivity index is 1.86. The number of urea groups is 1. The molecule has 0 fully saturated rings. The predicted octanol–water partition coefficient (Wildman–Crippen LogP) is 3.54. The van der Waals surface area contributed by atoms with Crippen LogP contribution in [0.5, 0.6) is 5.75 Å². The molecule has 3 rings (SSSR count). The van der Waals surface area contributed by atoms with E-state index < -0.39 is 39.6 Å². The van der Waals surface area contributed by atoms with Crippen molar-refractivity contribution in [1.82, 2.24) is 10.0 Å². The van der Waals surface area contributed by atoms with Gasteiger partial charge in [-0.1, -0.05) is 18.2 Å². The van der Waals surface area contributed by atoms with Crippen LogP contribution in [0.25, 0.3) is 0 Å². The lowest BCUT2D eigenvalue weighted by Crippen LogP contribution is -2.52. The molecule has 0 bridgehead atoms. The molecule has 0 radical (unpaired) electrons. The Morgan fingerprint density at radius 2 is 1.61 bits per heavy atom. The summed E-state index contributed by atoms with van der Waals surface area (Å²) in [6.07, 6.45) is -0.300. The molecular weight excluding hydrogens is 492 g/mol. The van der Waals surface area contributed by atoms with Gasteiger partial charge in [0.25, 0.3) is 10.0 Å². The highest BCUT2D eigenvalue weighted by Crippen LogP contribution is 2.20. The first kappa shape index (κ1) is 26.6. The summed E-state index contributed by atoms with van der Waals surface area (Å²) in [5.41, 5.74) is 0.960. The zero-order valence-electron chi connectivity index (χ0n) is 19.8. The Morgan fingerprint density at radius 3 is 2.19 bits per heavy atom. The summed E-state index contributed by atoms with van der Waals surface area (Å²) in [4.78, 5) is 27.1. The van der Waals surface area contributed by atoms with Crippen molar-refractivity contribution in [2.24, 2.45) is 0 Å². The Labute approximate surface area is 207 Å². The molecule has 11 heteroatoms. The molecule has 3 aromatic rings. The number of sulfonamides is 1. The van der Waals surface area contributed by atoms with Crippen LogP contribution in [0.1, 0.15) is 11.1 Å². The third-order valence-corrected chi connectivity index (χ3v) is 6.86. The Morgan fingerprint density at radius 1 is 1.00 bits per heavy atom. The minimum atomic E-state index is -4.25. The lowest BCUT2D eigenvalue weighted by Gasteiger charge is -2.25. The molecule has 3 aromatic carbocycles. The molecule has 0 saturated carbocycles. The summed E-state index contributed by atoms with van der Waals surface area (Å²) in [6.45, 7) is 1.57. The molecule has 2 N–H and O–H groups in total. The number of hydrogen-bond acceptors (Lipinski definition) is 5. The van der Waals surface area contributed by atoms with Crippen molar-refractivity contribution >= 4 is 27.6 Å². The van der Waals surface area contributed by atoms with Gasteiger partial charge in [-0.05, 0) is 60.5 Å². The second-order valence-electron chi connectivity index (χ2n) is 7.97. The second kappa shape index (κ2) is 11.2. The molecule has 0 aliphatic rings. The molecule has 3 amide bonds. The lowest BCUT2D eigenvalue weighted by molar-refractivity contribution is -0.120. The number of ether oxygens (including phenoxy) is 1. The van der Waals surface area contributed by atoms with Gasteiger partial charge in [0.15, 0.2) is 0 Å². The van der Waals surface area contributed by atoms with E-state index in [9.17, 15) is 26.8 Å². The van der Waals surface area contributed by atoms with Crippen LogP contribution in [0, 0.1) is 18.6 Å². The lowest BCUT2D eigenvalue weighted by atomic mass is 10.0. The van der Waals surface area contributed by atoms with E-state index in [4.69, 9.17) is 4.74 Å². The zero-order valence-corrected chi connectivity index (χ0v) is 20.6. The highest BCUT2D eigenvalue weighted by atomic mass is 32.2. The summed E-state index contributed by atoms with van der Waals surface area (Å²) < 4.78 is 59.9. The molecule has 36 heavy (non-hydrogen) atoms. The summed E-state index contributed by atoms with van der Waals surface area (Å²) in [6, 6.07) is 12.8. The van der Waals surface area contributed by atoms with Gasteiger partial charge in [0, 0.05) is 25.2 Å². The predicted molar refractivity (Wildman–Crippen MR) is 130 cm³/mol. The normalized spacial score (nSPS) is 11.9. The highest BCUT2D eigenvalue weighted by Gasteiger charge is 2.28. The number of halogens is 2. The van der Waals surface area contributed by atoms with Crippen molar-refractivity contribution in [1.29, 1.82) is 0 Å². The number of methoxy groups -OCH3 is 1. The molecule has 1 atom stereocenters. The van der Waals surface area contributed by atoms with Crippen molar-refractivity contribution in [3.63, 3.8) is 0 Å². The standard InChI is InChI=1S/C25H25F2N3O5S/c1-16-6-4-5-7-23(16)36(33,34)29-25(32)28-22(14-17-12-18(26)15-19(27)13-17)24(31)30(2)20-8-10-21(35-3)11-9-20/h4-13,15,22H,14H2,1-3H3,(H2,28,29,32)/t22-/m0/s1. The second-order valence-corrected chi connectivity index (χ2v) is 9.62. The molecule has 0 aromatic heterocycles. The van der Waals surface area contributed by atoms with E-state index in [0.29, 0.717) is 23.1 Å². The molecule has 0 heterocycles. The van der Waals surface area contributed by atoms with Crippen LogP contribution in [0.15, 0.2) is 71.6 Å². The number of nitrogens with zero attached hydrogens (tertiary/aromatic N) is 1. The number of carbonyl (C=O) groups is 2. The number of nitrogens with one attached hydrogen (secondary N) is 2. The summed E-state index contributed by atoms with van der Waals surface area (Å²) >= 11 is 0. The molecule has 0 spiro atoms. The van der Waals surface area contributed by atoms with Gasteiger partial charge in [-0.2, -0.15) is 0 Å². The van der Waals surface area contributed by atoms with E-state index in [1.165, 1.54) is 31.2 Å². The minimum absolute atomic E-state index is 0.0936. The van der Waals surface area contributed by atoms with E-state index in [0.717, 1.165) is 12.1 Å². The zero-order chi connectivity index (χ0) is 26.5. The average Bonchev–Trinajstić information content (AvgIpc) is 2.82. The van der Waals surface area contributed by atoms with Crippen molar-refractivity contribution in [3.05, 3.63) is 89.5 Å². The molecule has 0 aliphatic carbocycles. The van der Waals surface area contributed by atoms with E-state index >= 15 is 0 Å². The van der Waals surface area contributed by atoms with Gasteiger partial charge in [-0.25, -0.2) is 26.7 Å². The molecule has 0 unspecified atom stereocenters. The highest BCUT2D eigenvalue weighted by molar-refractivity contribution is 7.90. The van der Waals surface area contributed by atoms with Crippen LogP contribution in [0.4, 0.5) is 19.3 Å². The average molecular weight is 518 g/mol. The third-order valence-electron chi connectivity index (χ3n) is 5.37. The maximum atomic E-state index is 13.8. The fourth-order valence-electron chi connectivity index (χ4n) is 3.55. The van der Waals surface area contributed by atoms with E-state index in [-0.39, 0.29) is 16.9 Å². The summed E-state index contributed by atoms with van der Waals surface area (Å²) in [5.74, 6) is -1.80. The molecular formula is C25H25F2N3O5S. The van der Waals surface area contributed by atoms with E-state index in [1.54, 1.807) is 43.3 Å². The molecule has 0 saturated heterocycles. The minimum Gasteiger partial charge on any atom is -0.497 e. The quantitative estimate of drug-likeness (QED) is 0.476. The first-order valence-corrected chi connectivity index (χ1v) is 12.2. The van der Waals surface area contributed by atoms with E-state index in [2.05, 4.69) is 5.32 Å². The summed E-state index contributed by atoms with van der Waals surface area (Å²) in [7, 11) is -1.31. The fraction of sp³-hybridized carbons (Fsp3) is 0.200. The van der Waals surface area contributed by atoms with Crippen molar-refractivity contribution < 1.29 is 31.5 Å². The Hall–Kier alpha value is -3.99. The fourth-order valence-corrected chi connectivity index (χ4v) is 4.72. The van der Waals surface area contributed by atoms with Gasteiger partial charge < -0.3 is 15.0 Å². The van der Waals surface area contributed by atoms with Gasteiger partial charge >= 0.3 is 6.03 Å². The molecule has 190 valence electrons. The molecule has 0 aliphatic heterocycles. The number of anilines is 1. The summed E-state index contributed by atoms with van der Waals surface area (Å²) in [5, 5.41) is 2.33. The van der Waals surface area contributed by atoms with Crippen LogP contribution in [0.2, 0.25) is 0 Å². The number of carbonyl (C=O) groups excluding carboxylic acids is 2. The van der Waals surface area contributed by atoms with E-state index in [1.807, 2.05) is 4.72 Å². The van der Waals surface area contributed by atoms with Crippen LogP contribution < -0.4 is 19.7 Å².